The van der Waals surface area contributed by atoms with Gasteiger partial charge in [-0.05, 0) is 25.5 Å². The first-order chi connectivity index (χ1) is 11.7. The van der Waals surface area contributed by atoms with Crippen LogP contribution in [-0.4, -0.2) is 58.2 Å². The quantitative estimate of drug-likeness (QED) is 0.845. The molecule has 2 aliphatic rings. The van der Waals surface area contributed by atoms with E-state index in [1.807, 2.05) is 15.9 Å². The Morgan fingerprint density at radius 1 is 1.33 bits per heavy atom. The predicted octanol–water partition coefficient (Wildman–Crippen LogP) is 1.96. The van der Waals surface area contributed by atoms with Gasteiger partial charge in [0.05, 0.1) is 19.8 Å². The molecule has 0 aliphatic carbocycles. The van der Waals surface area contributed by atoms with E-state index in [-0.39, 0.29) is 5.60 Å². The summed E-state index contributed by atoms with van der Waals surface area (Å²) in [6.07, 6.45) is 4.59. The van der Waals surface area contributed by atoms with Gasteiger partial charge in [0.25, 0.3) is 0 Å². The Kier molecular flexibility index (Phi) is 4.67. The summed E-state index contributed by atoms with van der Waals surface area (Å²) < 4.78 is 14.2. The molecule has 2 fully saturated rings. The van der Waals surface area contributed by atoms with E-state index in [1.165, 1.54) is 9.75 Å². The molecule has 7 heteroatoms. The van der Waals surface area contributed by atoms with Gasteiger partial charge < -0.3 is 14.0 Å². The number of aromatic nitrogens is 3. The molecule has 2 aromatic heterocycles. The maximum absolute atomic E-state index is 6.28. The van der Waals surface area contributed by atoms with Crippen LogP contribution in [0.25, 0.3) is 0 Å². The second-order valence-corrected chi connectivity index (χ2v) is 8.37. The number of nitrogens with zero attached hydrogens (tertiary/aromatic N) is 4. The number of hydrogen-bond acceptors (Lipinski definition) is 6. The zero-order valence-corrected chi connectivity index (χ0v) is 14.9. The molecule has 130 valence electrons. The van der Waals surface area contributed by atoms with E-state index in [0.29, 0.717) is 12.5 Å². The molecule has 24 heavy (non-hydrogen) atoms. The molecule has 2 aromatic rings. The van der Waals surface area contributed by atoms with E-state index in [0.717, 1.165) is 45.8 Å². The Bertz CT molecular complexity index is 659. The monoisotopic (exact) mass is 348 g/mol. The topological polar surface area (TPSA) is 52.4 Å². The lowest BCUT2D eigenvalue weighted by atomic mass is 9.94. The lowest BCUT2D eigenvalue weighted by Crippen LogP contribution is -2.43. The maximum Gasteiger partial charge on any atom is 0.119 e. The fourth-order valence-corrected chi connectivity index (χ4v) is 4.72. The molecule has 0 N–H and O–H groups in total. The van der Waals surface area contributed by atoms with Crippen LogP contribution >= 0.6 is 11.3 Å². The van der Waals surface area contributed by atoms with Gasteiger partial charge in [-0.3, -0.25) is 4.90 Å². The van der Waals surface area contributed by atoms with Crippen molar-refractivity contribution in [1.29, 1.82) is 0 Å². The van der Waals surface area contributed by atoms with Gasteiger partial charge in [-0.15, -0.1) is 21.5 Å². The second-order valence-electron chi connectivity index (χ2n) is 7.00. The standard InChI is InChI=1S/C17H24N4O2S/c1-14-2-3-16(24-14)8-20-4-5-22-11-17(10-20)6-15(9-23-17)7-21-12-18-19-13-21/h2-3,12-13,15H,4-11H2,1H3/t15-,17-/m1/s1. The molecule has 0 radical (unpaired) electrons. The lowest BCUT2D eigenvalue weighted by Gasteiger charge is -2.31. The fraction of sp³-hybridized carbons (Fsp3) is 0.647. The first kappa shape index (κ1) is 16.2. The third kappa shape index (κ3) is 3.69. The van der Waals surface area contributed by atoms with Crippen LogP contribution < -0.4 is 0 Å². The van der Waals surface area contributed by atoms with E-state index in [4.69, 9.17) is 9.47 Å². The zero-order chi connectivity index (χ0) is 16.4. The molecule has 2 aliphatic heterocycles. The van der Waals surface area contributed by atoms with Crippen molar-refractivity contribution in [3.05, 3.63) is 34.5 Å². The number of rotatable bonds is 4. The van der Waals surface area contributed by atoms with Crippen LogP contribution in [0.3, 0.4) is 0 Å². The summed E-state index contributed by atoms with van der Waals surface area (Å²) in [6.45, 7) is 8.25. The summed E-state index contributed by atoms with van der Waals surface area (Å²) >= 11 is 1.88. The minimum absolute atomic E-state index is 0.165. The summed E-state index contributed by atoms with van der Waals surface area (Å²) in [6, 6.07) is 4.44. The molecule has 4 rings (SSSR count). The van der Waals surface area contributed by atoms with Gasteiger partial charge >= 0.3 is 0 Å². The molecule has 0 unspecified atom stereocenters. The van der Waals surface area contributed by atoms with Crippen molar-refractivity contribution in [2.75, 3.05) is 32.9 Å². The van der Waals surface area contributed by atoms with Crippen LogP contribution in [0.5, 0.6) is 0 Å². The second kappa shape index (κ2) is 6.92. The lowest BCUT2D eigenvalue weighted by molar-refractivity contribution is -0.0562. The number of hydrogen-bond donors (Lipinski definition) is 0. The normalized spacial score (nSPS) is 28.5. The van der Waals surface area contributed by atoms with Crippen LogP contribution in [0.4, 0.5) is 0 Å². The third-order valence-corrected chi connectivity index (χ3v) is 5.81. The fourth-order valence-electron chi connectivity index (χ4n) is 3.79. The van der Waals surface area contributed by atoms with Crippen LogP contribution in [0.1, 0.15) is 16.2 Å². The minimum Gasteiger partial charge on any atom is -0.377 e. The van der Waals surface area contributed by atoms with Crippen LogP contribution in [0.15, 0.2) is 24.8 Å². The maximum atomic E-state index is 6.28. The Hall–Kier alpha value is -1.28. The Morgan fingerprint density at radius 3 is 3.00 bits per heavy atom. The average Bonchev–Trinajstić information content (AvgIpc) is 3.25. The van der Waals surface area contributed by atoms with Gasteiger partial charge in [0.1, 0.15) is 18.3 Å². The summed E-state index contributed by atoms with van der Waals surface area (Å²) in [7, 11) is 0. The molecule has 0 bridgehead atoms. The SMILES string of the molecule is Cc1ccc(CN2CCOC[C@@]3(C[C@H](Cn4cnnc4)CO3)C2)s1. The van der Waals surface area contributed by atoms with Gasteiger partial charge in [-0.2, -0.15) is 0 Å². The summed E-state index contributed by atoms with van der Waals surface area (Å²) in [5.41, 5.74) is -0.165. The highest BCUT2D eigenvalue weighted by Gasteiger charge is 2.43. The number of thiophene rings is 1. The zero-order valence-electron chi connectivity index (χ0n) is 14.1. The van der Waals surface area contributed by atoms with Crippen molar-refractivity contribution in [1.82, 2.24) is 19.7 Å². The smallest absolute Gasteiger partial charge is 0.119 e. The van der Waals surface area contributed by atoms with Crippen molar-refractivity contribution in [3.63, 3.8) is 0 Å². The molecule has 0 amide bonds. The van der Waals surface area contributed by atoms with Crippen molar-refractivity contribution >= 4 is 11.3 Å². The molecule has 2 atom stereocenters. The average molecular weight is 348 g/mol. The van der Waals surface area contributed by atoms with Crippen LogP contribution in [0.2, 0.25) is 0 Å². The molecule has 0 saturated carbocycles. The molecular weight excluding hydrogens is 324 g/mol. The van der Waals surface area contributed by atoms with Crippen LogP contribution in [-0.2, 0) is 22.6 Å². The van der Waals surface area contributed by atoms with Gasteiger partial charge in [-0.1, -0.05) is 0 Å². The van der Waals surface area contributed by atoms with Crippen molar-refractivity contribution in [3.8, 4) is 0 Å². The van der Waals surface area contributed by atoms with E-state index in [1.54, 1.807) is 12.7 Å². The predicted molar refractivity (Wildman–Crippen MR) is 92.0 cm³/mol. The third-order valence-electron chi connectivity index (χ3n) is 4.83. The van der Waals surface area contributed by atoms with Crippen molar-refractivity contribution in [2.24, 2.45) is 5.92 Å². The molecule has 4 heterocycles. The molecular formula is C17H24N4O2S. The largest absolute Gasteiger partial charge is 0.377 e. The Balaban J connectivity index is 1.40. The first-order valence-corrected chi connectivity index (χ1v) is 9.34. The summed E-state index contributed by atoms with van der Waals surface area (Å²) in [4.78, 5) is 5.28. The van der Waals surface area contributed by atoms with Crippen molar-refractivity contribution < 1.29 is 9.47 Å². The van der Waals surface area contributed by atoms with Crippen molar-refractivity contribution in [2.45, 2.75) is 32.0 Å². The molecule has 1 spiro atoms. The van der Waals surface area contributed by atoms with Gasteiger partial charge in [0.2, 0.25) is 0 Å². The van der Waals surface area contributed by atoms with E-state index in [9.17, 15) is 0 Å². The first-order valence-electron chi connectivity index (χ1n) is 8.53. The van der Waals surface area contributed by atoms with E-state index in [2.05, 4.69) is 34.2 Å². The number of aryl methyl sites for hydroxylation is 1. The Morgan fingerprint density at radius 2 is 2.21 bits per heavy atom. The Labute approximate surface area is 146 Å². The highest BCUT2D eigenvalue weighted by molar-refractivity contribution is 7.11. The van der Waals surface area contributed by atoms with E-state index >= 15 is 0 Å². The molecule has 2 saturated heterocycles. The van der Waals surface area contributed by atoms with Gasteiger partial charge in [-0.25, -0.2) is 0 Å². The minimum atomic E-state index is -0.165. The highest BCUT2D eigenvalue weighted by atomic mass is 32.1. The molecule has 6 nitrogen and oxygen atoms in total. The van der Waals surface area contributed by atoms with Gasteiger partial charge in [0, 0.05) is 41.9 Å². The summed E-state index contributed by atoms with van der Waals surface area (Å²) in [5, 5.41) is 7.77. The van der Waals surface area contributed by atoms with E-state index < -0.39 is 0 Å². The highest BCUT2D eigenvalue weighted by Crippen LogP contribution is 2.34. The van der Waals surface area contributed by atoms with Gasteiger partial charge in [0.15, 0.2) is 0 Å². The van der Waals surface area contributed by atoms with Crippen LogP contribution in [0, 0.1) is 12.8 Å². The molecule has 0 aromatic carbocycles. The number of ether oxygens (including phenoxy) is 2. The summed E-state index contributed by atoms with van der Waals surface area (Å²) in [5.74, 6) is 0.494.